The number of allylic oxidation sites excluding steroid dienone is 2. The van der Waals surface area contributed by atoms with Gasteiger partial charge in [0, 0.05) is 5.92 Å². The Bertz CT molecular complexity index is 1080. The summed E-state index contributed by atoms with van der Waals surface area (Å²) < 4.78 is 5.72. The molecule has 0 amide bonds. The predicted molar refractivity (Wildman–Crippen MR) is 144 cm³/mol. The van der Waals surface area contributed by atoms with Gasteiger partial charge < -0.3 is 14.9 Å². The minimum absolute atomic E-state index is 0.0919. The average Bonchev–Trinajstić information content (AvgIpc) is 2.82. The van der Waals surface area contributed by atoms with E-state index in [1.807, 2.05) is 6.08 Å². The van der Waals surface area contributed by atoms with Gasteiger partial charge in [-0.1, -0.05) is 47.1 Å². The van der Waals surface area contributed by atoms with E-state index < -0.39 is 35.5 Å². The molecule has 6 nitrogen and oxygen atoms in total. The minimum Gasteiger partial charge on any atom is -0.481 e. The van der Waals surface area contributed by atoms with Gasteiger partial charge in [0.15, 0.2) is 5.78 Å². The third kappa shape index (κ3) is 3.43. The molecule has 0 aromatic heterocycles. The molecule has 5 rings (SSSR count). The van der Waals surface area contributed by atoms with Crippen LogP contribution in [0, 0.1) is 56.7 Å². The van der Waals surface area contributed by atoms with Crippen LogP contribution in [-0.2, 0) is 19.1 Å². The second kappa shape index (κ2) is 8.65. The molecule has 0 aliphatic heterocycles. The number of hydrogen-bond donors (Lipinski definition) is 2. The Morgan fingerprint density at radius 2 is 1.63 bits per heavy atom. The molecule has 212 valence electrons. The Morgan fingerprint density at radius 3 is 2.26 bits per heavy atom. The molecule has 6 heteroatoms. The van der Waals surface area contributed by atoms with Gasteiger partial charge in [-0.05, 0) is 110 Å². The fourth-order valence-electron chi connectivity index (χ4n) is 11.1. The summed E-state index contributed by atoms with van der Waals surface area (Å²) in [5.41, 5.74) is -0.440. The van der Waals surface area contributed by atoms with E-state index in [4.69, 9.17) is 4.74 Å². The standard InChI is InChI=1S/C32H48O6/c1-18-8-11-28(3)14-15-30(5)20(25(28)19(18)2)16-21(33)26-29(4)12-10-23(38-17-24(34)35)32(7,27(36)37)22(29)9-13-31(26,30)6/h16,18-19,22-23,25-26H,8-15,17H2,1-7H3,(H,34,35)(H,36,37)/t18-,19+,22?,23-,25?,26?,28-,29+,30-,31-,32-/m1/s1. The molecule has 0 heterocycles. The van der Waals surface area contributed by atoms with E-state index in [0.29, 0.717) is 37.0 Å². The first-order valence-electron chi connectivity index (χ1n) is 14.9. The van der Waals surface area contributed by atoms with Gasteiger partial charge in [0.25, 0.3) is 0 Å². The molecule has 4 fully saturated rings. The maximum absolute atomic E-state index is 14.4. The number of carboxylic acid groups (broad SMARTS) is 2. The van der Waals surface area contributed by atoms with Crippen LogP contribution >= 0.6 is 0 Å². The van der Waals surface area contributed by atoms with Crippen LogP contribution in [0.2, 0.25) is 0 Å². The number of aliphatic carboxylic acids is 2. The van der Waals surface area contributed by atoms with Crippen molar-refractivity contribution in [2.24, 2.45) is 56.7 Å². The monoisotopic (exact) mass is 528 g/mol. The number of hydrogen-bond acceptors (Lipinski definition) is 4. The number of carbonyl (C=O) groups is 3. The van der Waals surface area contributed by atoms with Gasteiger partial charge in [0.1, 0.15) is 6.61 Å². The van der Waals surface area contributed by atoms with Crippen molar-refractivity contribution in [1.29, 1.82) is 0 Å². The van der Waals surface area contributed by atoms with E-state index in [1.165, 1.54) is 24.8 Å². The van der Waals surface area contributed by atoms with E-state index in [0.717, 1.165) is 12.8 Å². The van der Waals surface area contributed by atoms with Crippen LogP contribution < -0.4 is 0 Å². The largest absolute Gasteiger partial charge is 0.481 e. The zero-order valence-corrected chi connectivity index (χ0v) is 24.4. The maximum Gasteiger partial charge on any atom is 0.329 e. The number of fused-ring (bicyclic) bond motifs is 7. The number of carboxylic acids is 2. The topological polar surface area (TPSA) is 101 Å². The van der Waals surface area contributed by atoms with Crippen LogP contribution in [0.3, 0.4) is 0 Å². The molecule has 0 aromatic rings. The van der Waals surface area contributed by atoms with Crippen LogP contribution in [0.5, 0.6) is 0 Å². The first-order chi connectivity index (χ1) is 17.6. The summed E-state index contributed by atoms with van der Waals surface area (Å²) in [7, 11) is 0. The van der Waals surface area contributed by atoms with Crippen LogP contribution in [0.1, 0.15) is 99.8 Å². The second-order valence-corrected chi connectivity index (χ2v) is 15.1. The predicted octanol–water partition coefficient (Wildman–Crippen LogP) is 6.38. The molecular weight excluding hydrogens is 480 g/mol. The van der Waals surface area contributed by atoms with E-state index in [1.54, 1.807) is 6.92 Å². The normalized spacial score (nSPS) is 52.1. The molecule has 4 saturated carbocycles. The van der Waals surface area contributed by atoms with E-state index in [-0.39, 0.29) is 33.9 Å². The number of ether oxygens (including phenoxy) is 1. The SMILES string of the molecule is C[C@@H]1CC[C@]2(C)CC[C@]3(C)C(=CC(=O)C4[C@@]5(C)CC[C@@H](OCC(=O)O)[C@](C)(C(=O)O)C5CC[C@]43C)C2[C@H]1C. The Morgan fingerprint density at radius 1 is 0.947 bits per heavy atom. The van der Waals surface area contributed by atoms with Crippen LogP contribution in [0.25, 0.3) is 0 Å². The van der Waals surface area contributed by atoms with E-state index >= 15 is 0 Å². The van der Waals surface area contributed by atoms with Gasteiger partial charge in [-0.25, -0.2) is 4.79 Å². The summed E-state index contributed by atoms with van der Waals surface area (Å²) in [4.78, 5) is 38.5. The first kappa shape index (κ1) is 27.9. The lowest BCUT2D eigenvalue weighted by atomic mass is 9.33. The van der Waals surface area contributed by atoms with Gasteiger partial charge in [-0.15, -0.1) is 0 Å². The second-order valence-electron chi connectivity index (χ2n) is 15.1. The van der Waals surface area contributed by atoms with Gasteiger partial charge in [0.05, 0.1) is 11.5 Å². The highest BCUT2D eigenvalue weighted by Crippen LogP contribution is 2.75. The van der Waals surface area contributed by atoms with Crippen LogP contribution in [0.4, 0.5) is 0 Å². The minimum atomic E-state index is -1.24. The van der Waals surface area contributed by atoms with Crippen LogP contribution in [-0.4, -0.2) is 40.6 Å². The molecule has 38 heavy (non-hydrogen) atoms. The van der Waals surface area contributed by atoms with Crippen molar-refractivity contribution in [3.05, 3.63) is 11.6 Å². The molecule has 11 atom stereocenters. The Kier molecular flexibility index (Phi) is 6.34. The lowest BCUT2D eigenvalue weighted by Gasteiger charge is -2.70. The molecule has 0 radical (unpaired) electrons. The summed E-state index contributed by atoms with van der Waals surface area (Å²) in [6, 6.07) is 0. The fourth-order valence-corrected chi connectivity index (χ4v) is 11.1. The Hall–Kier alpha value is -1.69. The van der Waals surface area contributed by atoms with Crippen LogP contribution in [0.15, 0.2) is 11.6 Å². The average molecular weight is 529 g/mol. The summed E-state index contributed by atoms with van der Waals surface area (Å²) in [5.74, 6) is -0.756. The molecule has 3 unspecified atom stereocenters. The third-order valence-corrected chi connectivity index (χ3v) is 13.6. The molecule has 0 aromatic carbocycles. The quantitative estimate of drug-likeness (QED) is 0.439. The van der Waals surface area contributed by atoms with Crippen molar-refractivity contribution in [2.45, 2.75) is 106 Å². The molecule has 0 bridgehead atoms. The van der Waals surface area contributed by atoms with Crippen molar-refractivity contribution in [3.8, 4) is 0 Å². The lowest BCUT2D eigenvalue weighted by molar-refractivity contribution is -0.222. The van der Waals surface area contributed by atoms with Gasteiger partial charge in [-0.2, -0.15) is 0 Å². The third-order valence-electron chi connectivity index (χ3n) is 13.6. The zero-order chi connectivity index (χ0) is 28.1. The maximum atomic E-state index is 14.4. The molecule has 0 saturated heterocycles. The van der Waals surface area contributed by atoms with Gasteiger partial charge in [0.2, 0.25) is 0 Å². The van der Waals surface area contributed by atoms with Crippen molar-refractivity contribution < 1.29 is 29.3 Å². The van der Waals surface area contributed by atoms with Crippen molar-refractivity contribution in [1.82, 2.24) is 0 Å². The van der Waals surface area contributed by atoms with Crippen molar-refractivity contribution in [3.63, 3.8) is 0 Å². The highest BCUT2D eigenvalue weighted by Gasteiger charge is 2.72. The summed E-state index contributed by atoms with van der Waals surface area (Å²) in [6.07, 6.45) is 8.73. The Labute approximate surface area is 228 Å². The molecule has 5 aliphatic carbocycles. The summed E-state index contributed by atoms with van der Waals surface area (Å²) in [5, 5.41) is 19.7. The lowest BCUT2D eigenvalue weighted by Crippen LogP contribution is -2.68. The highest BCUT2D eigenvalue weighted by atomic mass is 16.5. The zero-order valence-electron chi connectivity index (χ0n) is 24.4. The van der Waals surface area contributed by atoms with Crippen molar-refractivity contribution >= 4 is 17.7 Å². The highest BCUT2D eigenvalue weighted by molar-refractivity contribution is 5.96. The number of carbonyl (C=O) groups excluding carboxylic acids is 1. The molecule has 2 N–H and O–H groups in total. The fraction of sp³-hybridized carbons (Fsp3) is 0.844. The Balaban J connectivity index is 1.59. The van der Waals surface area contributed by atoms with Crippen molar-refractivity contribution in [2.75, 3.05) is 6.61 Å². The number of rotatable bonds is 4. The molecule has 5 aliphatic rings. The first-order valence-corrected chi connectivity index (χ1v) is 14.9. The van der Waals surface area contributed by atoms with E-state index in [9.17, 15) is 24.6 Å². The molecule has 0 spiro atoms. The van der Waals surface area contributed by atoms with Gasteiger partial charge in [-0.3, -0.25) is 9.59 Å². The smallest absolute Gasteiger partial charge is 0.329 e. The molecular formula is C32H48O6. The summed E-state index contributed by atoms with van der Waals surface area (Å²) >= 11 is 0. The van der Waals surface area contributed by atoms with E-state index in [2.05, 4.69) is 41.5 Å². The summed E-state index contributed by atoms with van der Waals surface area (Å²) in [6.45, 7) is 15.4. The number of ketones is 1. The van der Waals surface area contributed by atoms with Gasteiger partial charge >= 0.3 is 11.9 Å².